The van der Waals surface area contributed by atoms with E-state index in [-0.39, 0.29) is 0 Å². The Bertz CT molecular complexity index is 289. The topological polar surface area (TPSA) is 0 Å². The maximum atomic E-state index is 5.93. The Morgan fingerprint density at radius 1 is 1.46 bits per heavy atom. The molecule has 0 N–H and O–H groups in total. The molecule has 0 saturated heterocycles. The molecule has 0 radical (unpaired) electrons. The lowest BCUT2D eigenvalue weighted by Crippen LogP contribution is -1.86. The molecule has 0 unspecified atom stereocenters. The van der Waals surface area contributed by atoms with Crippen molar-refractivity contribution in [2.24, 2.45) is 0 Å². The van der Waals surface area contributed by atoms with Crippen LogP contribution < -0.4 is 0 Å². The smallest absolute Gasteiger partial charge is 0.0435 e. The quantitative estimate of drug-likeness (QED) is 0.499. The second-order valence-corrected chi connectivity index (χ2v) is 3.67. The molecule has 0 spiro atoms. The van der Waals surface area contributed by atoms with Crippen LogP contribution in [0.1, 0.15) is 24.0 Å². The van der Waals surface area contributed by atoms with Crippen molar-refractivity contribution < 1.29 is 0 Å². The molecule has 0 aromatic heterocycles. The summed E-state index contributed by atoms with van der Waals surface area (Å²) in [4.78, 5) is 0. The minimum absolute atomic E-state index is 0.854. The van der Waals surface area contributed by atoms with Crippen LogP contribution in [-0.2, 0) is 6.42 Å². The van der Waals surface area contributed by atoms with E-state index in [4.69, 9.17) is 11.6 Å². The average molecular weight is 195 g/mol. The van der Waals surface area contributed by atoms with Crippen LogP contribution in [0.2, 0.25) is 5.02 Å². The number of aryl methyl sites for hydroxylation is 2. The van der Waals surface area contributed by atoms with Gasteiger partial charge in [0.15, 0.2) is 0 Å². The van der Waals surface area contributed by atoms with Crippen LogP contribution in [0.4, 0.5) is 0 Å². The van der Waals surface area contributed by atoms with E-state index in [0.717, 1.165) is 23.4 Å². The lowest BCUT2D eigenvalue weighted by Gasteiger charge is -2.02. The van der Waals surface area contributed by atoms with Gasteiger partial charge in [-0.3, -0.25) is 0 Å². The van der Waals surface area contributed by atoms with Gasteiger partial charge in [-0.25, -0.2) is 0 Å². The van der Waals surface area contributed by atoms with Crippen LogP contribution in [0.25, 0.3) is 0 Å². The Hall–Kier alpha value is -0.750. The predicted molar refractivity (Wildman–Crippen MR) is 59.3 cm³/mol. The first-order chi connectivity index (χ1) is 6.24. The minimum atomic E-state index is 0.854. The minimum Gasteiger partial charge on any atom is -0.103 e. The van der Waals surface area contributed by atoms with Crippen LogP contribution in [0.3, 0.4) is 0 Å². The molecule has 0 atom stereocenters. The van der Waals surface area contributed by atoms with E-state index in [1.807, 2.05) is 19.1 Å². The third kappa shape index (κ3) is 3.23. The van der Waals surface area contributed by atoms with E-state index in [0.29, 0.717) is 0 Å². The number of hydrogen-bond acceptors (Lipinski definition) is 0. The van der Waals surface area contributed by atoms with Crippen LogP contribution in [-0.4, -0.2) is 0 Å². The summed E-state index contributed by atoms with van der Waals surface area (Å²) >= 11 is 5.93. The summed E-state index contributed by atoms with van der Waals surface area (Å²) in [5.41, 5.74) is 2.53. The van der Waals surface area contributed by atoms with Crippen LogP contribution in [0.5, 0.6) is 0 Å². The van der Waals surface area contributed by atoms with Crippen molar-refractivity contribution in [3.8, 4) is 0 Å². The zero-order valence-electron chi connectivity index (χ0n) is 8.02. The first kappa shape index (κ1) is 10.3. The van der Waals surface area contributed by atoms with Gasteiger partial charge >= 0.3 is 0 Å². The second kappa shape index (κ2) is 5.08. The third-order valence-electron chi connectivity index (χ3n) is 2.10. The highest BCUT2D eigenvalue weighted by Gasteiger charge is 1.96. The summed E-state index contributed by atoms with van der Waals surface area (Å²) in [6.45, 7) is 5.74. The van der Waals surface area contributed by atoms with Crippen molar-refractivity contribution in [3.63, 3.8) is 0 Å². The molecule has 0 bridgehead atoms. The summed E-state index contributed by atoms with van der Waals surface area (Å²) < 4.78 is 0. The SMILES string of the molecule is C=CCCCc1ccc(Cl)c(C)c1. The number of halogens is 1. The molecule has 0 fully saturated rings. The van der Waals surface area contributed by atoms with Gasteiger partial charge in [0.1, 0.15) is 0 Å². The van der Waals surface area contributed by atoms with Crippen molar-refractivity contribution in [3.05, 3.63) is 47.0 Å². The first-order valence-electron chi connectivity index (χ1n) is 4.60. The van der Waals surface area contributed by atoms with Crippen LogP contribution in [0, 0.1) is 6.92 Å². The van der Waals surface area contributed by atoms with Crippen molar-refractivity contribution in [1.82, 2.24) is 0 Å². The number of unbranched alkanes of at least 4 members (excludes halogenated alkanes) is 1. The normalized spacial score (nSPS) is 10.0. The van der Waals surface area contributed by atoms with Gasteiger partial charge in [0.2, 0.25) is 0 Å². The Labute approximate surface area is 85.2 Å². The summed E-state index contributed by atoms with van der Waals surface area (Å²) in [6, 6.07) is 6.23. The Morgan fingerprint density at radius 3 is 2.85 bits per heavy atom. The first-order valence-corrected chi connectivity index (χ1v) is 4.98. The van der Waals surface area contributed by atoms with E-state index >= 15 is 0 Å². The molecule has 0 aliphatic carbocycles. The molecule has 1 rings (SSSR count). The Kier molecular flexibility index (Phi) is 4.04. The van der Waals surface area contributed by atoms with Gasteiger partial charge in [0.05, 0.1) is 0 Å². The standard InChI is InChI=1S/C12H15Cl/c1-3-4-5-6-11-7-8-12(13)10(2)9-11/h3,7-9H,1,4-6H2,2H3. The highest BCUT2D eigenvalue weighted by atomic mass is 35.5. The van der Waals surface area contributed by atoms with E-state index < -0.39 is 0 Å². The van der Waals surface area contributed by atoms with Gasteiger partial charge < -0.3 is 0 Å². The number of hydrogen-bond donors (Lipinski definition) is 0. The number of allylic oxidation sites excluding steroid dienone is 1. The highest BCUT2D eigenvalue weighted by Crippen LogP contribution is 2.17. The van der Waals surface area contributed by atoms with Gasteiger partial charge in [-0.2, -0.15) is 0 Å². The van der Waals surface area contributed by atoms with Crippen molar-refractivity contribution >= 4 is 11.6 Å². The molecule has 0 amide bonds. The molecule has 1 heteroatoms. The molecule has 13 heavy (non-hydrogen) atoms. The highest BCUT2D eigenvalue weighted by molar-refractivity contribution is 6.31. The maximum Gasteiger partial charge on any atom is 0.0435 e. The fourth-order valence-electron chi connectivity index (χ4n) is 1.31. The van der Waals surface area contributed by atoms with E-state index in [1.54, 1.807) is 0 Å². The monoisotopic (exact) mass is 194 g/mol. The fourth-order valence-corrected chi connectivity index (χ4v) is 1.43. The second-order valence-electron chi connectivity index (χ2n) is 3.26. The van der Waals surface area contributed by atoms with Gasteiger partial charge in [-0.05, 0) is 43.4 Å². The van der Waals surface area contributed by atoms with E-state index in [2.05, 4.69) is 18.7 Å². The Morgan fingerprint density at radius 2 is 2.23 bits per heavy atom. The molecule has 1 aromatic rings. The summed E-state index contributed by atoms with van der Waals surface area (Å²) in [6.07, 6.45) is 5.33. The third-order valence-corrected chi connectivity index (χ3v) is 2.52. The van der Waals surface area contributed by atoms with Crippen LogP contribution >= 0.6 is 11.6 Å². The molecule has 0 saturated carbocycles. The molecule has 70 valence electrons. The molecular weight excluding hydrogens is 180 g/mol. The zero-order valence-corrected chi connectivity index (χ0v) is 8.77. The lowest BCUT2D eigenvalue weighted by molar-refractivity contribution is 0.843. The summed E-state index contributed by atoms with van der Waals surface area (Å²) in [7, 11) is 0. The van der Waals surface area contributed by atoms with Crippen molar-refractivity contribution in [2.45, 2.75) is 26.2 Å². The zero-order chi connectivity index (χ0) is 9.68. The molecule has 0 nitrogen and oxygen atoms in total. The Balaban J connectivity index is 2.57. The van der Waals surface area contributed by atoms with Gasteiger partial charge in [0.25, 0.3) is 0 Å². The van der Waals surface area contributed by atoms with Crippen molar-refractivity contribution in [2.75, 3.05) is 0 Å². The molecule has 0 heterocycles. The molecule has 0 aliphatic heterocycles. The lowest BCUT2D eigenvalue weighted by atomic mass is 10.1. The van der Waals surface area contributed by atoms with E-state index in [9.17, 15) is 0 Å². The molecular formula is C12H15Cl. The van der Waals surface area contributed by atoms with Gasteiger partial charge in [-0.1, -0.05) is 29.8 Å². The van der Waals surface area contributed by atoms with Crippen LogP contribution in [0.15, 0.2) is 30.9 Å². The number of rotatable bonds is 4. The average Bonchev–Trinajstić information content (AvgIpc) is 2.12. The molecule has 1 aromatic carbocycles. The summed E-state index contributed by atoms with van der Waals surface area (Å²) in [5, 5.41) is 0.854. The number of benzene rings is 1. The van der Waals surface area contributed by atoms with Gasteiger partial charge in [-0.15, -0.1) is 6.58 Å². The summed E-state index contributed by atoms with van der Waals surface area (Å²) in [5.74, 6) is 0. The molecule has 0 aliphatic rings. The van der Waals surface area contributed by atoms with Gasteiger partial charge in [0, 0.05) is 5.02 Å². The predicted octanol–water partition coefficient (Wildman–Crippen LogP) is 4.16. The van der Waals surface area contributed by atoms with E-state index in [1.165, 1.54) is 12.0 Å². The maximum absolute atomic E-state index is 5.93. The van der Waals surface area contributed by atoms with Crippen molar-refractivity contribution in [1.29, 1.82) is 0 Å². The fraction of sp³-hybridized carbons (Fsp3) is 0.333. The largest absolute Gasteiger partial charge is 0.103 e.